The number of piperazine rings is 1. The average Bonchev–Trinajstić information content (AvgIpc) is 3.11. The van der Waals surface area contributed by atoms with Crippen molar-refractivity contribution in [1.82, 2.24) is 15.0 Å². The molecule has 0 saturated carbocycles. The number of aromatic nitrogens is 1. The number of rotatable bonds is 3. The molecule has 0 spiro atoms. The second-order valence-corrected chi connectivity index (χ2v) is 6.34. The minimum Gasteiger partial charge on any atom is -0.355 e. The van der Waals surface area contributed by atoms with Crippen LogP contribution in [0.3, 0.4) is 0 Å². The SMILES string of the molecule is CCN1CCN(C(=O)c2ccc3noc(-c4ccccc4)c3c2)CC1. The van der Waals surface area contributed by atoms with E-state index in [0.717, 1.165) is 49.2 Å². The van der Waals surface area contributed by atoms with E-state index < -0.39 is 0 Å². The monoisotopic (exact) mass is 335 g/mol. The standard InChI is InChI=1S/C20H21N3O2/c1-2-22-10-12-23(13-11-22)20(24)16-8-9-18-17(14-16)19(25-21-18)15-6-4-3-5-7-15/h3-9,14H,2,10-13H2,1H3. The van der Waals surface area contributed by atoms with E-state index in [0.29, 0.717) is 11.3 Å². The van der Waals surface area contributed by atoms with Gasteiger partial charge in [-0.15, -0.1) is 0 Å². The first-order valence-corrected chi connectivity index (χ1v) is 8.72. The van der Waals surface area contributed by atoms with Gasteiger partial charge in [0, 0.05) is 37.3 Å². The summed E-state index contributed by atoms with van der Waals surface area (Å²) in [4.78, 5) is 17.2. The highest BCUT2D eigenvalue weighted by Gasteiger charge is 2.22. The number of hydrogen-bond donors (Lipinski definition) is 0. The van der Waals surface area contributed by atoms with Gasteiger partial charge in [0.25, 0.3) is 5.91 Å². The van der Waals surface area contributed by atoms with Crippen LogP contribution in [-0.2, 0) is 0 Å². The van der Waals surface area contributed by atoms with E-state index in [1.807, 2.05) is 53.4 Å². The van der Waals surface area contributed by atoms with E-state index in [1.54, 1.807) is 0 Å². The van der Waals surface area contributed by atoms with E-state index in [1.165, 1.54) is 0 Å². The van der Waals surface area contributed by atoms with Crippen molar-refractivity contribution in [3.05, 3.63) is 54.1 Å². The fraction of sp³-hybridized carbons (Fsp3) is 0.300. The van der Waals surface area contributed by atoms with Gasteiger partial charge in [-0.3, -0.25) is 4.79 Å². The molecular formula is C20H21N3O2. The van der Waals surface area contributed by atoms with Crippen molar-refractivity contribution in [3.63, 3.8) is 0 Å². The van der Waals surface area contributed by atoms with Crippen molar-refractivity contribution in [3.8, 4) is 11.3 Å². The van der Waals surface area contributed by atoms with Gasteiger partial charge in [-0.25, -0.2) is 0 Å². The van der Waals surface area contributed by atoms with Crippen LogP contribution in [0, 0.1) is 0 Å². The number of fused-ring (bicyclic) bond motifs is 1. The predicted octanol–water partition coefficient (Wildman–Crippen LogP) is 3.27. The van der Waals surface area contributed by atoms with Gasteiger partial charge in [-0.1, -0.05) is 42.4 Å². The zero-order valence-corrected chi connectivity index (χ0v) is 14.3. The van der Waals surface area contributed by atoms with Crippen LogP contribution in [0.2, 0.25) is 0 Å². The quantitative estimate of drug-likeness (QED) is 0.737. The van der Waals surface area contributed by atoms with Crippen LogP contribution in [-0.4, -0.2) is 53.6 Å². The molecule has 25 heavy (non-hydrogen) atoms. The lowest BCUT2D eigenvalue weighted by Gasteiger charge is -2.34. The lowest BCUT2D eigenvalue weighted by molar-refractivity contribution is 0.0643. The number of carbonyl (C=O) groups is 1. The lowest BCUT2D eigenvalue weighted by Crippen LogP contribution is -2.48. The molecule has 0 atom stereocenters. The van der Waals surface area contributed by atoms with Crippen LogP contribution < -0.4 is 0 Å². The summed E-state index contributed by atoms with van der Waals surface area (Å²) < 4.78 is 5.53. The fourth-order valence-corrected chi connectivity index (χ4v) is 3.32. The van der Waals surface area contributed by atoms with Crippen LogP contribution in [0.1, 0.15) is 17.3 Å². The van der Waals surface area contributed by atoms with E-state index >= 15 is 0 Å². The number of hydrogen-bond acceptors (Lipinski definition) is 4. The molecule has 1 fully saturated rings. The highest BCUT2D eigenvalue weighted by molar-refractivity contribution is 6.01. The summed E-state index contributed by atoms with van der Waals surface area (Å²) in [6.45, 7) is 6.62. The second kappa shape index (κ2) is 6.69. The number of nitrogens with zero attached hydrogens (tertiary/aromatic N) is 3. The number of benzene rings is 2. The minimum atomic E-state index is 0.0814. The number of likely N-dealkylation sites (N-methyl/N-ethyl adjacent to an activating group) is 1. The van der Waals surface area contributed by atoms with Gasteiger partial charge >= 0.3 is 0 Å². The zero-order valence-electron chi connectivity index (χ0n) is 14.3. The Labute approximate surface area is 146 Å². The first-order valence-electron chi connectivity index (χ1n) is 8.72. The lowest BCUT2D eigenvalue weighted by atomic mass is 10.1. The van der Waals surface area contributed by atoms with Gasteiger partial charge in [0.2, 0.25) is 0 Å². The molecule has 2 aromatic carbocycles. The topological polar surface area (TPSA) is 49.6 Å². The Bertz CT molecular complexity index is 880. The largest absolute Gasteiger partial charge is 0.355 e. The van der Waals surface area contributed by atoms with Crippen LogP contribution in [0.5, 0.6) is 0 Å². The van der Waals surface area contributed by atoms with Crippen molar-refractivity contribution < 1.29 is 9.32 Å². The summed E-state index contributed by atoms with van der Waals surface area (Å²) in [5.41, 5.74) is 2.43. The van der Waals surface area contributed by atoms with Crippen molar-refractivity contribution in [2.75, 3.05) is 32.7 Å². The van der Waals surface area contributed by atoms with Crippen molar-refractivity contribution >= 4 is 16.8 Å². The molecule has 5 heteroatoms. The summed E-state index contributed by atoms with van der Waals surface area (Å²) >= 11 is 0. The highest BCUT2D eigenvalue weighted by Crippen LogP contribution is 2.29. The predicted molar refractivity (Wildman–Crippen MR) is 97.5 cm³/mol. The Kier molecular flexibility index (Phi) is 4.24. The molecule has 1 aliphatic heterocycles. The highest BCUT2D eigenvalue weighted by atomic mass is 16.5. The number of amides is 1. The fourth-order valence-electron chi connectivity index (χ4n) is 3.32. The van der Waals surface area contributed by atoms with E-state index in [9.17, 15) is 4.79 Å². The third-order valence-corrected chi connectivity index (χ3v) is 4.87. The zero-order chi connectivity index (χ0) is 17.2. The Balaban J connectivity index is 1.64. The summed E-state index contributed by atoms with van der Waals surface area (Å²) in [7, 11) is 0. The maximum Gasteiger partial charge on any atom is 0.253 e. The van der Waals surface area contributed by atoms with Crippen LogP contribution in [0.15, 0.2) is 53.1 Å². The smallest absolute Gasteiger partial charge is 0.253 e. The summed E-state index contributed by atoms with van der Waals surface area (Å²) in [5, 5.41) is 5.00. The number of carbonyl (C=O) groups excluding carboxylic acids is 1. The molecule has 0 aliphatic carbocycles. The molecular weight excluding hydrogens is 314 g/mol. The summed E-state index contributed by atoms with van der Waals surface area (Å²) in [6, 6.07) is 15.5. The molecule has 1 amide bonds. The van der Waals surface area contributed by atoms with Gasteiger partial charge in [0.15, 0.2) is 5.76 Å². The molecule has 0 N–H and O–H groups in total. The molecule has 3 aromatic rings. The van der Waals surface area contributed by atoms with Crippen LogP contribution in [0.4, 0.5) is 0 Å². The molecule has 1 saturated heterocycles. The van der Waals surface area contributed by atoms with Crippen molar-refractivity contribution in [2.24, 2.45) is 0 Å². The molecule has 2 heterocycles. The Morgan fingerprint density at radius 3 is 2.56 bits per heavy atom. The van der Waals surface area contributed by atoms with Gasteiger partial charge in [-0.2, -0.15) is 0 Å². The van der Waals surface area contributed by atoms with E-state index in [2.05, 4.69) is 17.0 Å². The van der Waals surface area contributed by atoms with Gasteiger partial charge in [0.1, 0.15) is 5.52 Å². The Hall–Kier alpha value is -2.66. The summed E-state index contributed by atoms with van der Waals surface area (Å²) in [6.07, 6.45) is 0. The van der Waals surface area contributed by atoms with Crippen LogP contribution in [0.25, 0.3) is 22.2 Å². The average molecular weight is 335 g/mol. The molecule has 5 nitrogen and oxygen atoms in total. The van der Waals surface area contributed by atoms with Gasteiger partial charge in [0.05, 0.1) is 5.39 Å². The molecule has 0 bridgehead atoms. The first-order chi connectivity index (χ1) is 12.3. The normalized spacial score (nSPS) is 15.6. The molecule has 4 rings (SSSR count). The second-order valence-electron chi connectivity index (χ2n) is 6.34. The molecule has 1 aromatic heterocycles. The van der Waals surface area contributed by atoms with Gasteiger partial charge < -0.3 is 14.3 Å². The molecule has 128 valence electrons. The van der Waals surface area contributed by atoms with E-state index in [4.69, 9.17) is 4.52 Å². The van der Waals surface area contributed by atoms with Gasteiger partial charge in [-0.05, 0) is 24.7 Å². The minimum absolute atomic E-state index is 0.0814. The Morgan fingerprint density at radius 2 is 1.84 bits per heavy atom. The molecule has 0 unspecified atom stereocenters. The van der Waals surface area contributed by atoms with Crippen LogP contribution >= 0.6 is 0 Å². The summed E-state index contributed by atoms with van der Waals surface area (Å²) in [5.74, 6) is 0.791. The maximum atomic E-state index is 12.9. The van der Waals surface area contributed by atoms with Crippen molar-refractivity contribution in [1.29, 1.82) is 0 Å². The third-order valence-electron chi connectivity index (χ3n) is 4.87. The third kappa shape index (κ3) is 3.03. The Morgan fingerprint density at radius 1 is 1.08 bits per heavy atom. The maximum absolute atomic E-state index is 12.9. The first kappa shape index (κ1) is 15.8. The van der Waals surface area contributed by atoms with Crippen molar-refractivity contribution in [2.45, 2.75) is 6.92 Å². The molecule has 1 aliphatic rings. The van der Waals surface area contributed by atoms with E-state index in [-0.39, 0.29) is 5.91 Å². The molecule has 0 radical (unpaired) electrons.